The molecule has 2 aromatic carbocycles. The fourth-order valence-electron chi connectivity index (χ4n) is 5.81. The Bertz CT molecular complexity index is 1090. The van der Waals surface area contributed by atoms with Crippen LogP contribution in [0.25, 0.3) is 0 Å². The van der Waals surface area contributed by atoms with Crippen molar-refractivity contribution in [1.82, 2.24) is 5.06 Å². The lowest BCUT2D eigenvalue weighted by Gasteiger charge is -2.40. The molecule has 0 bridgehead atoms. The number of unbranched alkanes of at least 4 members (excludes halogenated alkanes) is 9. The molecule has 1 aliphatic rings. The summed E-state index contributed by atoms with van der Waals surface area (Å²) >= 11 is 0. The Morgan fingerprint density at radius 2 is 1.42 bits per heavy atom. The van der Waals surface area contributed by atoms with E-state index in [4.69, 9.17) is 14.0 Å². The molecule has 1 saturated heterocycles. The van der Waals surface area contributed by atoms with Crippen molar-refractivity contribution in [2.45, 2.75) is 154 Å². The highest BCUT2D eigenvalue weighted by Gasteiger charge is 2.43. The van der Waals surface area contributed by atoms with Gasteiger partial charge in [0.25, 0.3) is 0 Å². The molecule has 252 valence electrons. The zero-order valence-corrected chi connectivity index (χ0v) is 30.0. The standard InChI is InChI=1S/C38H61NO5Si/c1-31(44-45(5,6)38(2,3)4)36(40)35-29-34(39(43-35)30-32-23-17-15-18-24-32)27-21-13-11-9-7-8-10-12-14-22-28-42-37(41)33-25-19-16-20-26-33/h15-20,23-26,31,34-36,40H,7-14,21-22,27-30H2,1-6H3/t31-,34-,35+,36-/m0/s1. The third-order valence-corrected chi connectivity index (χ3v) is 14.3. The number of esters is 1. The molecule has 0 saturated carbocycles. The summed E-state index contributed by atoms with van der Waals surface area (Å²) in [4.78, 5) is 18.4. The summed E-state index contributed by atoms with van der Waals surface area (Å²) in [6.07, 6.45) is 12.8. The van der Waals surface area contributed by atoms with Crippen molar-refractivity contribution in [3.8, 4) is 0 Å². The number of aliphatic hydroxyl groups excluding tert-OH is 1. The number of ether oxygens (including phenoxy) is 1. The first kappa shape index (κ1) is 37.4. The molecular weight excluding hydrogens is 579 g/mol. The Labute approximate surface area is 274 Å². The van der Waals surface area contributed by atoms with E-state index in [-0.39, 0.29) is 23.2 Å². The van der Waals surface area contributed by atoms with Crippen molar-refractivity contribution < 1.29 is 23.9 Å². The quantitative estimate of drug-likeness (QED) is 0.0884. The highest BCUT2D eigenvalue weighted by molar-refractivity contribution is 6.74. The Morgan fingerprint density at radius 3 is 2.00 bits per heavy atom. The summed E-state index contributed by atoms with van der Waals surface area (Å²) < 4.78 is 11.9. The second-order valence-electron chi connectivity index (χ2n) is 14.5. The van der Waals surface area contributed by atoms with Crippen LogP contribution in [0.3, 0.4) is 0 Å². The number of rotatable bonds is 20. The Hall–Kier alpha value is -2.03. The molecule has 0 unspecified atom stereocenters. The second-order valence-corrected chi connectivity index (χ2v) is 19.3. The van der Waals surface area contributed by atoms with Gasteiger partial charge in [0.2, 0.25) is 0 Å². The molecule has 0 aliphatic carbocycles. The van der Waals surface area contributed by atoms with Gasteiger partial charge in [-0.05, 0) is 62.0 Å². The van der Waals surface area contributed by atoms with Crippen LogP contribution in [0.1, 0.15) is 121 Å². The topological polar surface area (TPSA) is 68.2 Å². The van der Waals surface area contributed by atoms with Crippen LogP contribution < -0.4 is 0 Å². The normalized spacial score (nSPS) is 19.0. The zero-order chi connectivity index (χ0) is 32.7. The summed E-state index contributed by atoms with van der Waals surface area (Å²) in [5.41, 5.74) is 1.86. The fraction of sp³-hybridized carbons (Fsp3) is 0.658. The number of carbonyl (C=O) groups excluding carboxylic acids is 1. The van der Waals surface area contributed by atoms with Gasteiger partial charge < -0.3 is 14.3 Å². The van der Waals surface area contributed by atoms with Crippen molar-refractivity contribution in [2.24, 2.45) is 0 Å². The van der Waals surface area contributed by atoms with Crippen LogP contribution in [-0.2, 0) is 20.5 Å². The van der Waals surface area contributed by atoms with Gasteiger partial charge in [-0.25, -0.2) is 4.79 Å². The number of hydrogen-bond donors (Lipinski definition) is 1. The van der Waals surface area contributed by atoms with Crippen molar-refractivity contribution >= 4 is 14.3 Å². The summed E-state index contributed by atoms with van der Waals surface area (Å²) in [6, 6.07) is 20.0. The van der Waals surface area contributed by atoms with Crippen LogP contribution in [-0.4, -0.2) is 55.4 Å². The molecule has 6 nitrogen and oxygen atoms in total. The van der Waals surface area contributed by atoms with Crippen LogP contribution in [0.15, 0.2) is 60.7 Å². The van der Waals surface area contributed by atoms with E-state index in [1.165, 1.54) is 56.9 Å². The van der Waals surface area contributed by atoms with Crippen LogP contribution in [0.4, 0.5) is 0 Å². The molecule has 1 heterocycles. The first-order valence-corrected chi connectivity index (χ1v) is 20.4. The Morgan fingerprint density at radius 1 is 0.889 bits per heavy atom. The van der Waals surface area contributed by atoms with Crippen molar-refractivity contribution in [3.63, 3.8) is 0 Å². The predicted molar refractivity (Wildman–Crippen MR) is 187 cm³/mol. The molecule has 4 atom stereocenters. The number of aliphatic hydroxyl groups is 1. The lowest BCUT2D eigenvalue weighted by atomic mass is 9.98. The SMILES string of the molecule is C[C@H](O[Si](C)(C)C(C)(C)C)[C@H](O)[C@H]1C[C@H](CCCCCCCCCCCCOC(=O)c2ccccc2)N(Cc2ccccc2)O1. The average molecular weight is 640 g/mol. The minimum Gasteiger partial charge on any atom is -0.462 e. The van der Waals surface area contributed by atoms with Crippen molar-refractivity contribution in [1.29, 1.82) is 0 Å². The molecule has 7 heteroatoms. The van der Waals surface area contributed by atoms with E-state index in [2.05, 4.69) is 63.2 Å². The van der Waals surface area contributed by atoms with Gasteiger partial charge in [-0.15, -0.1) is 0 Å². The summed E-state index contributed by atoms with van der Waals surface area (Å²) in [5, 5.41) is 13.5. The van der Waals surface area contributed by atoms with Gasteiger partial charge >= 0.3 is 5.97 Å². The first-order chi connectivity index (χ1) is 21.5. The molecule has 0 aromatic heterocycles. The summed E-state index contributed by atoms with van der Waals surface area (Å²) in [7, 11) is -1.99. The van der Waals surface area contributed by atoms with Crippen LogP contribution in [0.5, 0.6) is 0 Å². The number of benzene rings is 2. The van der Waals surface area contributed by atoms with Gasteiger partial charge in [-0.3, -0.25) is 4.84 Å². The van der Waals surface area contributed by atoms with E-state index in [1.54, 1.807) is 12.1 Å². The zero-order valence-electron chi connectivity index (χ0n) is 29.0. The van der Waals surface area contributed by atoms with Crippen LogP contribution in [0, 0.1) is 0 Å². The van der Waals surface area contributed by atoms with E-state index < -0.39 is 14.4 Å². The molecule has 2 aromatic rings. The highest BCUT2D eigenvalue weighted by atomic mass is 28.4. The molecule has 0 spiro atoms. The Balaban J connectivity index is 1.30. The van der Waals surface area contributed by atoms with Gasteiger partial charge in [0.05, 0.1) is 18.3 Å². The monoisotopic (exact) mass is 639 g/mol. The van der Waals surface area contributed by atoms with Gasteiger partial charge in [0.15, 0.2) is 8.32 Å². The summed E-state index contributed by atoms with van der Waals surface area (Å²) in [6.45, 7) is 14.4. The maximum absolute atomic E-state index is 12.0. The molecular formula is C38H61NO5Si. The first-order valence-electron chi connectivity index (χ1n) is 17.5. The number of hydroxylamine groups is 2. The number of nitrogens with zero attached hydrogens (tertiary/aromatic N) is 1. The number of carbonyl (C=O) groups is 1. The molecule has 0 amide bonds. The number of hydrogen-bond acceptors (Lipinski definition) is 6. The minimum absolute atomic E-state index is 0.0975. The second kappa shape index (κ2) is 18.9. The average Bonchev–Trinajstić information content (AvgIpc) is 3.41. The van der Waals surface area contributed by atoms with E-state index >= 15 is 0 Å². The molecule has 1 N–H and O–H groups in total. The molecule has 3 rings (SSSR count). The van der Waals surface area contributed by atoms with E-state index in [9.17, 15) is 9.90 Å². The molecule has 1 aliphatic heterocycles. The lowest BCUT2D eigenvalue weighted by Crippen LogP contribution is -2.48. The summed E-state index contributed by atoms with van der Waals surface area (Å²) in [5.74, 6) is -0.223. The fourth-order valence-corrected chi connectivity index (χ4v) is 7.24. The third-order valence-electron chi connectivity index (χ3n) is 9.69. The maximum atomic E-state index is 12.0. The van der Waals surface area contributed by atoms with Gasteiger partial charge in [-0.2, -0.15) is 5.06 Å². The molecule has 45 heavy (non-hydrogen) atoms. The van der Waals surface area contributed by atoms with Gasteiger partial charge in [-0.1, -0.05) is 127 Å². The maximum Gasteiger partial charge on any atom is 0.338 e. The van der Waals surface area contributed by atoms with Gasteiger partial charge in [0, 0.05) is 12.6 Å². The van der Waals surface area contributed by atoms with Crippen LogP contribution >= 0.6 is 0 Å². The van der Waals surface area contributed by atoms with E-state index in [1.807, 2.05) is 31.2 Å². The van der Waals surface area contributed by atoms with Crippen LogP contribution in [0.2, 0.25) is 18.1 Å². The third kappa shape index (κ3) is 12.9. The smallest absolute Gasteiger partial charge is 0.338 e. The predicted octanol–water partition coefficient (Wildman–Crippen LogP) is 9.48. The lowest BCUT2D eigenvalue weighted by molar-refractivity contribution is -0.200. The Kier molecular flexibility index (Phi) is 15.8. The van der Waals surface area contributed by atoms with Crippen molar-refractivity contribution in [3.05, 3.63) is 71.8 Å². The minimum atomic E-state index is -1.99. The molecule has 1 fully saturated rings. The largest absolute Gasteiger partial charge is 0.462 e. The van der Waals surface area contributed by atoms with E-state index in [0.717, 1.165) is 32.2 Å². The molecule has 0 radical (unpaired) electrons. The van der Waals surface area contributed by atoms with Crippen molar-refractivity contribution in [2.75, 3.05) is 6.61 Å². The highest BCUT2D eigenvalue weighted by Crippen LogP contribution is 2.38. The van der Waals surface area contributed by atoms with Gasteiger partial charge in [0.1, 0.15) is 12.2 Å². The van der Waals surface area contributed by atoms with E-state index in [0.29, 0.717) is 18.2 Å².